The van der Waals surface area contributed by atoms with Gasteiger partial charge >= 0.3 is 29.6 Å². The van der Waals surface area contributed by atoms with Crippen LogP contribution in [0.5, 0.6) is 0 Å². The van der Waals surface area contributed by atoms with Crippen LogP contribution in [0.2, 0.25) is 0 Å². The smallest absolute Gasteiger partial charge is 0.230 e. The van der Waals surface area contributed by atoms with Gasteiger partial charge in [0.1, 0.15) is 13.1 Å². The largest absolute Gasteiger partial charge is 0.569 e. The Morgan fingerprint density at radius 1 is 1.45 bits per heavy atom. The first-order valence-corrected chi connectivity index (χ1v) is 2.99. The quantitative estimate of drug-likeness (QED) is 0.236. The number of hydrazine groups is 1. The molecule has 0 unspecified atom stereocenters. The summed E-state index contributed by atoms with van der Waals surface area (Å²) >= 11 is 0. The van der Waals surface area contributed by atoms with Crippen LogP contribution < -0.4 is 0 Å². The fourth-order valence-corrected chi connectivity index (χ4v) is 0.781. The fourth-order valence-electron chi connectivity index (χ4n) is 0.781. The van der Waals surface area contributed by atoms with Crippen molar-refractivity contribution in [2.45, 2.75) is 0 Å². The van der Waals surface area contributed by atoms with Crippen molar-refractivity contribution in [3.05, 3.63) is 5.21 Å². The van der Waals surface area contributed by atoms with E-state index in [1.54, 1.807) is 0 Å². The molecular formula is C4H10N3NaO3. The Morgan fingerprint density at radius 2 is 2.00 bits per heavy atom. The topological polar surface area (TPSA) is 71.1 Å². The van der Waals surface area contributed by atoms with Gasteiger partial charge in [0.05, 0.1) is 18.2 Å². The van der Waals surface area contributed by atoms with Crippen LogP contribution in [0, 0.1) is 5.21 Å². The summed E-state index contributed by atoms with van der Waals surface area (Å²) in [6.07, 6.45) is 0. The first kappa shape index (κ1) is 11.0. The Kier molecular flexibility index (Phi) is 5.57. The molecule has 0 aromatic carbocycles. The van der Waals surface area contributed by atoms with Crippen molar-refractivity contribution in [3.63, 3.8) is 0 Å². The van der Waals surface area contributed by atoms with E-state index in [9.17, 15) is 5.21 Å². The third-order valence-corrected chi connectivity index (χ3v) is 1.31. The number of morpholine rings is 1. The standard InChI is InChI=1S/C4H9N3O3.Na.H/c8-5-7(9)6-1-3-10-4-2-6;;/h8H,1-4H2;;/b7-5+;;. The van der Waals surface area contributed by atoms with Gasteiger partial charge in [-0.15, -0.1) is 5.01 Å². The Bertz CT molecular complexity index is 137. The molecule has 11 heavy (non-hydrogen) atoms. The second-order valence-corrected chi connectivity index (χ2v) is 1.91. The molecule has 0 saturated carbocycles. The summed E-state index contributed by atoms with van der Waals surface area (Å²) in [5, 5.41) is 22.4. The van der Waals surface area contributed by atoms with Gasteiger partial charge in [-0.1, -0.05) is 0 Å². The maximum Gasteiger partial charge on any atom is 0.230 e. The molecule has 6 nitrogen and oxygen atoms in total. The first-order chi connectivity index (χ1) is 4.84. The number of hydrogen-bond donors (Lipinski definition) is 1. The number of hydrogen-bond acceptors (Lipinski definition) is 3. The van der Waals surface area contributed by atoms with E-state index in [2.05, 4.69) is 5.28 Å². The summed E-state index contributed by atoms with van der Waals surface area (Å²) in [5.74, 6) is 0. The van der Waals surface area contributed by atoms with E-state index in [-0.39, 0.29) is 34.5 Å². The van der Waals surface area contributed by atoms with Crippen LogP contribution in [0.25, 0.3) is 0 Å². The van der Waals surface area contributed by atoms with Crippen LogP contribution in [-0.4, -0.2) is 71.0 Å². The molecule has 1 aliphatic rings. The summed E-state index contributed by atoms with van der Waals surface area (Å²) in [6, 6.07) is 0. The zero-order valence-electron chi connectivity index (χ0n) is 5.43. The molecule has 1 heterocycles. The maximum absolute atomic E-state index is 10.5. The molecule has 0 atom stereocenters. The molecule has 0 aromatic heterocycles. The van der Waals surface area contributed by atoms with E-state index in [1.807, 2.05) is 0 Å². The van der Waals surface area contributed by atoms with Gasteiger partial charge in [-0.25, -0.2) is 0 Å². The third kappa shape index (κ3) is 3.24. The predicted molar refractivity (Wildman–Crippen MR) is 37.4 cm³/mol. The van der Waals surface area contributed by atoms with Crippen molar-refractivity contribution in [1.29, 1.82) is 0 Å². The van der Waals surface area contributed by atoms with Gasteiger partial charge in [-0.3, -0.25) is 0 Å². The van der Waals surface area contributed by atoms with Crippen molar-refractivity contribution in [3.8, 4) is 0 Å². The summed E-state index contributed by atoms with van der Waals surface area (Å²) in [7, 11) is 0. The molecule has 1 fully saturated rings. The molecule has 0 aromatic rings. The fraction of sp³-hybridized carbons (Fsp3) is 1.00. The summed E-state index contributed by atoms with van der Waals surface area (Å²) in [4.78, 5) is 0.169. The predicted octanol–water partition coefficient (Wildman–Crippen LogP) is -1.06. The van der Waals surface area contributed by atoms with Crippen LogP contribution in [-0.2, 0) is 4.74 Å². The molecule has 0 spiro atoms. The molecule has 1 saturated heterocycles. The molecule has 0 aliphatic carbocycles. The molecule has 0 radical (unpaired) electrons. The van der Waals surface area contributed by atoms with Crippen LogP contribution in [0.15, 0.2) is 5.28 Å². The monoisotopic (exact) mass is 171 g/mol. The molecule has 0 amide bonds. The molecule has 7 heteroatoms. The van der Waals surface area contributed by atoms with Gasteiger partial charge in [0.25, 0.3) is 0 Å². The van der Waals surface area contributed by atoms with Gasteiger partial charge in [0.2, 0.25) is 5.28 Å². The maximum atomic E-state index is 10.5. The second kappa shape index (κ2) is 5.59. The minimum atomic E-state index is 0. The van der Waals surface area contributed by atoms with Crippen LogP contribution in [0.3, 0.4) is 0 Å². The van der Waals surface area contributed by atoms with Crippen LogP contribution in [0.4, 0.5) is 0 Å². The van der Waals surface area contributed by atoms with Gasteiger partial charge < -0.3 is 15.2 Å². The average Bonchev–Trinajstić information content (AvgIpc) is 2.05. The second-order valence-electron chi connectivity index (χ2n) is 1.91. The zero-order chi connectivity index (χ0) is 7.40. The third-order valence-electron chi connectivity index (χ3n) is 1.31. The van der Waals surface area contributed by atoms with Crippen molar-refractivity contribution < 1.29 is 14.9 Å². The SMILES string of the molecule is [NaH].[O-]/[N+](=N/O)N1CCOCC1. The minimum Gasteiger partial charge on any atom is -0.569 e. The number of nitrogens with zero attached hydrogens (tertiary/aromatic N) is 3. The molecule has 0 bridgehead atoms. The van der Waals surface area contributed by atoms with E-state index in [0.717, 1.165) is 0 Å². The molecule has 1 rings (SSSR count). The number of rotatable bonds is 1. The van der Waals surface area contributed by atoms with Crippen molar-refractivity contribution >= 4 is 29.6 Å². The van der Waals surface area contributed by atoms with Crippen molar-refractivity contribution in [2.24, 2.45) is 5.28 Å². The first-order valence-electron chi connectivity index (χ1n) is 2.99. The van der Waals surface area contributed by atoms with Gasteiger partial charge in [0, 0.05) is 0 Å². The minimum absolute atomic E-state index is 0. The molecular weight excluding hydrogens is 161 g/mol. The Hall–Kier alpha value is -0.0400. The Balaban J connectivity index is 0.000001000. The van der Waals surface area contributed by atoms with Gasteiger partial charge in [0.15, 0.2) is 0 Å². The average molecular weight is 171 g/mol. The molecule has 1 aliphatic heterocycles. The van der Waals surface area contributed by atoms with Gasteiger partial charge in [-0.2, -0.15) is 0 Å². The van der Waals surface area contributed by atoms with Crippen molar-refractivity contribution in [1.82, 2.24) is 5.01 Å². The van der Waals surface area contributed by atoms with Gasteiger partial charge in [-0.05, 0) is 0 Å². The van der Waals surface area contributed by atoms with Crippen LogP contribution >= 0.6 is 0 Å². The Morgan fingerprint density at radius 3 is 2.45 bits per heavy atom. The summed E-state index contributed by atoms with van der Waals surface area (Å²) in [5.41, 5.74) is 0. The van der Waals surface area contributed by atoms with E-state index in [1.165, 1.54) is 5.01 Å². The van der Waals surface area contributed by atoms with Crippen LogP contribution in [0.1, 0.15) is 0 Å². The van der Waals surface area contributed by atoms with E-state index in [0.29, 0.717) is 26.3 Å². The van der Waals surface area contributed by atoms with Crippen molar-refractivity contribution in [2.75, 3.05) is 26.3 Å². The normalized spacial score (nSPS) is 19.3. The molecule has 60 valence electrons. The van der Waals surface area contributed by atoms with E-state index >= 15 is 0 Å². The van der Waals surface area contributed by atoms with E-state index in [4.69, 9.17) is 9.94 Å². The summed E-state index contributed by atoms with van der Waals surface area (Å²) in [6.45, 7) is 1.98. The molecule has 1 N–H and O–H groups in total. The number of ether oxygens (including phenoxy) is 1. The van der Waals surface area contributed by atoms with E-state index < -0.39 is 0 Å². The zero-order valence-corrected chi connectivity index (χ0v) is 5.43. The summed E-state index contributed by atoms with van der Waals surface area (Å²) < 4.78 is 4.96. The Labute approximate surface area is 86.2 Å².